The number of aryl methyl sites for hydroxylation is 2. The number of nitrogens with one attached hydrogen (secondary N) is 2. The Balaban J connectivity index is 2.02. The van der Waals surface area contributed by atoms with Crippen molar-refractivity contribution < 1.29 is 0 Å². The highest BCUT2D eigenvalue weighted by molar-refractivity contribution is 6.30. The molecule has 0 fully saturated rings. The van der Waals surface area contributed by atoms with E-state index in [1.54, 1.807) is 6.21 Å². The molecule has 0 aliphatic rings. The Bertz CT molecular complexity index is 526. The lowest BCUT2D eigenvalue weighted by atomic mass is 10.3. The van der Waals surface area contributed by atoms with Gasteiger partial charge in [0.15, 0.2) is 0 Å². The topological polar surface area (TPSA) is 40.2 Å². The Morgan fingerprint density at radius 2 is 1.94 bits per heavy atom. The van der Waals surface area contributed by atoms with Crippen LogP contribution in [0.15, 0.2) is 35.4 Å². The van der Waals surface area contributed by atoms with Crippen LogP contribution in [0.1, 0.15) is 17.0 Å². The van der Waals surface area contributed by atoms with Crippen LogP contribution in [-0.2, 0) is 0 Å². The van der Waals surface area contributed by atoms with Crippen LogP contribution >= 0.6 is 11.6 Å². The van der Waals surface area contributed by atoms with Gasteiger partial charge in [0.1, 0.15) is 0 Å². The monoisotopic (exact) mass is 247 g/mol. The van der Waals surface area contributed by atoms with Gasteiger partial charge in [0.05, 0.1) is 11.9 Å². The fourth-order valence-electron chi connectivity index (χ4n) is 1.58. The summed E-state index contributed by atoms with van der Waals surface area (Å²) in [6.07, 6.45) is 1.80. The molecule has 1 aromatic heterocycles. The quantitative estimate of drug-likeness (QED) is 0.630. The van der Waals surface area contributed by atoms with E-state index in [0.29, 0.717) is 0 Å². The molecule has 0 atom stereocenters. The van der Waals surface area contributed by atoms with E-state index < -0.39 is 0 Å². The minimum Gasteiger partial charge on any atom is -0.362 e. The fraction of sp³-hybridized carbons (Fsp3) is 0.154. The molecular formula is C13H14ClN3. The molecule has 0 spiro atoms. The number of hydrogen-bond acceptors (Lipinski definition) is 2. The first-order valence-electron chi connectivity index (χ1n) is 5.36. The van der Waals surface area contributed by atoms with Crippen LogP contribution in [-0.4, -0.2) is 11.2 Å². The van der Waals surface area contributed by atoms with Crippen molar-refractivity contribution in [2.24, 2.45) is 5.10 Å². The van der Waals surface area contributed by atoms with Gasteiger partial charge >= 0.3 is 0 Å². The van der Waals surface area contributed by atoms with Gasteiger partial charge in [-0.05, 0) is 44.2 Å². The zero-order chi connectivity index (χ0) is 12.3. The summed E-state index contributed by atoms with van der Waals surface area (Å²) < 4.78 is 0. The van der Waals surface area contributed by atoms with Crippen LogP contribution in [0.3, 0.4) is 0 Å². The fourth-order valence-corrected chi connectivity index (χ4v) is 1.71. The van der Waals surface area contributed by atoms with E-state index in [1.807, 2.05) is 38.1 Å². The van der Waals surface area contributed by atoms with Crippen molar-refractivity contribution in [2.75, 3.05) is 5.43 Å². The van der Waals surface area contributed by atoms with Crippen LogP contribution in [0.4, 0.5) is 5.69 Å². The highest BCUT2D eigenvalue weighted by Gasteiger charge is 1.97. The second-order valence-electron chi connectivity index (χ2n) is 3.91. The standard InChI is InChI=1S/C13H14ClN3/c1-9-7-11(10(2)16-9)8-15-17-13-5-3-12(14)4-6-13/h3-8,16-17H,1-2H3/b15-8+. The summed E-state index contributed by atoms with van der Waals surface area (Å²) in [5, 5.41) is 4.90. The average molecular weight is 248 g/mol. The van der Waals surface area contributed by atoms with Gasteiger partial charge in [0.25, 0.3) is 0 Å². The lowest BCUT2D eigenvalue weighted by Gasteiger charge is -1.99. The van der Waals surface area contributed by atoms with Crippen LogP contribution < -0.4 is 5.43 Å². The normalized spacial score (nSPS) is 11.0. The average Bonchev–Trinajstić information content (AvgIpc) is 2.60. The molecule has 88 valence electrons. The lowest BCUT2D eigenvalue weighted by molar-refractivity contribution is 1.19. The highest BCUT2D eigenvalue weighted by atomic mass is 35.5. The van der Waals surface area contributed by atoms with Gasteiger partial charge in [-0.1, -0.05) is 11.6 Å². The van der Waals surface area contributed by atoms with E-state index in [4.69, 9.17) is 11.6 Å². The SMILES string of the molecule is Cc1cc(/C=N/Nc2ccc(Cl)cc2)c(C)[nH]1. The number of benzene rings is 1. The van der Waals surface area contributed by atoms with Crippen molar-refractivity contribution in [1.82, 2.24) is 4.98 Å². The number of aromatic amines is 1. The Kier molecular flexibility index (Phi) is 3.49. The molecule has 4 heteroatoms. The van der Waals surface area contributed by atoms with Crippen molar-refractivity contribution in [1.29, 1.82) is 0 Å². The summed E-state index contributed by atoms with van der Waals surface area (Å²) in [6, 6.07) is 9.47. The Morgan fingerprint density at radius 1 is 1.24 bits per heavy atom. The number of anilines is 1. The first-order chi connectivity index (χ1) is 8.15. The summed E-state index contributed by atoms with van der Waals surface area (Å²) >= 11 is 5.79. The first kappa shape index (κ1) is 11.7. The van der Waals surface area contributed by atoms with E-state index in [2.05, 4.69) is 21.6 Å². The smallest absolute Gasteiger partial charge is 0.0562 e. The molecular weight excluding hydrogens is 234 g/mol. The van der Waals surface area contributed by atoms with E-state index in [0.717, 1.165) is 27.7 Å². The molecule has 0 aliphatic carbocycles. The van der Waals surface area contributed by atoms with Crippen LogP contribution in [0.5, 0.6) is 0 Å². The predicted octanol–water partition coefficient (Wildman–Crippen LogP) is 3.73. The Morgan fingerprint density at radius 3 is 2.53 bits per heavy atom. The second-order valence-corrected chi connectivity index (χ2v) is 4.35. The first-order valence-corrected chi connectivity index (χ1v) is 5.74. The molecule has 2 N–H and O–H groups in total. The molecule has 0 bridgehead atoms. The van der Waals surface area contributed by atoms with Crippen LogP contribution in [0, 0.1) is 13.8 Å². The van der Waals surface area contributed by atoms with Crippen molar-refractivity contribution >= 4 is 23.5 Å². The maximum Gasteiger partial charge on any atom is 0.0562 e. The zero-order valence-electron chi connectivity index (χ0n) is 9.79. The van der Waals surface area contributed by atoms with Gasteiger partial charge in [0, 0.05) is 22.0 Å². The van der Waals surface area contributed by atoms with E-state index in [1.165, 1.54) is 0 Å². The number of H-pyrrole nitrogens is 1. The van der Waals surface area contributed by atoms with Gasteiger partial charge < -0.3 is 4.98 Å². The van der Waals surface area contributed by atoms with Crippen molar-refractivity contribution in [3.05, 3.63) is 52.3 Å². The van der Waals surface area contributed by atoms with Crippen molar-refractivity contribution in [3.8, 4) is 0 Å². The van der Waals surface area contributed by atoms with Gasteiger partial charge in [-0.2, -0.15) is 5.10 Å². The molecule has 0 amide bonds. The molecule has 17 heavy (non-hydrogen) atoms. The third kappa shape index (κ3) is 3.11. The largest absolute Gasteiger partial charge is 0.362 e. The van der Waals surface area contributed by atoms with E-state index in [-0.39, 0.29) is 0 Å². The Hall–Kier alpha value is -1.74. The third-order valence-electron chi connectivity index (χ3n) is 2.43. The van der Waals surface area contributed by atoms with Crippen LogP contribution in [0.25, 0.3) is 0 Å². The molecule has 1 heterocycles. The molecule has 0 saturated carbocycles. The zero-order valence-corrected chi connectivity index (χ0v) is 10.5. The maximum atomic E-state index is 5.79. The Labute approximate surface area is 106 Å². The second kappa shape index (κ2) is 5.06. The van der Waals surface area contributed by atoms with E-state index >= 15 is 0 Å². The molecule has 1 aromatic carbocycles. The number of aromatic nitrogens is 1. The highest BCUT2D eigenvalue weighted by Crippen LogP contribution is 2.13. The summed E-state index contributed by atoms with van der Waals surface area (Å²) in [5.74, 6) is 0. The summed E-state index contributed by atoms with van der Waals surface area (Å²) in [6.45, 7) is 4.05. The maximum absolute atomic E-state index is 5.79. The predicted molar refractivity (Wildman–Crippen MR) is 72.9 cm³/mol. The number of rotatable bonds is 3. The van der Waals surface area contributed by atoms with Crippen molar-refractivity contribution in [2.45, 2.75) is 13.8 Å². The molecule has 2 aromatic rings. The van der Waals surface area contributed by atoms with Gasteiger partial charge in [-0.15, -0.1) is 0 Å². The molecule has 0 saturated heterocycles. The number of nitrogens with zero attached hydrogens (tertiary/aromatic N) is 1. The lowest BCUT2D eigenvalue weighted by Crippen LogP contribution is -1.90. The number of hydrogen-bond donors (Lipinski definition) is 2. The van der Waals surface area contributed by atoms with Crippen LogP contribution in [0.2, 0.25) is 5.02 Å². The molecule has 0 aliphatic heterocycles. The number of halogens is 1. The summed E-state index contributed by atoms with van der Waals surface area (Å²) in [7, 11) is 0. The summed E-state index contributed by atoms with van der Waals surface area (Å²) in [4.78, 5) is 3.23. The van der Waals surface area contributed by atoms with Gasteiger partial charge in [0.2, 0.25) is 0 Å². The minimum absolute atomic E-state index is 0.719. The molecule has 2 rings (SSSR count). The summed E-state index contributed by atoms with van der Waals surface area (Å²) in [5.41, 5.74) is 7.20. The third-order valence-corrected chi connectivity index (χ3v) is 2.68. The van der Waals surface area contributed by atoms with Gasteiger partial charge in [-0.25, -0.2) is 0 Å². The van der Waals surface area contributed by atoms with Crippen molar-refractivity contribution in [3.63, 3.8) is 0 Å². The number of hydrazone groups is 1. The molecule has 3 nitrogen and oxygen atoms in total. The van der Waals surface area contributed by atoms with Gasteiger partial charge in [-0.3, -0.25) is 5.43 Å². The molecule has 0 radical (unpaired) electrons. The molecule has 0 unspecified atom stereocenters. The van der Waals surface area contributed by atoms with E-state index in [9.17, 15) is 0 Å². The minimum atomic E-state index is 0.719.